The van der Waals surface area contributed by atoms with E-state index >= 15 is 0 Å². The molecular formula is C29H27NO4. The second-order valence-corrected chi connectivity index (χ2v) is 8.81. The summed E-state index contributed by atoms with van der Waals surface area (Å²) in [6, 6.07) is 13.2. The molecule has 2 heterocycles. The van der Waals surface area contributed by atoms with Crippen LogP contribution in [0.1, 0.15) is 54.0 Å². The Labute approximate surface area is 199 Å². The molecule has 0 fully saturated rings. The molecule has 0 radical (unpaired) electrons. The fraction of sp³-hybridized carbons (Fsp3) is 0.241. The molecule has 5 heteroatoms. The number of ether oxygens (including phenoxy) is 2. The molecule has 0 unspecified atom stereocenters. The number of fused-ring (bicyclic) bond motifs is 2. The maximum Gasteiger partial charge on any atom is 0.185 e. The maximum absolute atomic E-state index is 13.3. The molecular weight excluding hydrogens is 426 g/mol. The highest BCUT2D eigenvalue weighted by molar-refractivity contribution is 6.32. The van der Waals surface area contributed by atoms with Gasteiger partial charge in [0, 0.05) is 47.6 Å². The fourth-order valence-corrected chi connectivity index (χ4v) is 4.96. The number of benzene rings is 2. The first kappa shape index (κ1) is 22.0. The molecule has 0 atom stereocenters. The van der Waals surface area contributed by atoms with Crippen molar-refractivity contribution in [3.63, 3.8) is 0 Å². The van der Waals surface area contributed by atoms with E-state index in [0.29, 0.717) is 28.4 Å². The number of nitrogens with zero attached hydrogens (tertiary/aromatic N) is 1. The van der Waals surface area contributed by atoms with Crippen LogP contribution in [0.3, 0.4) is 0 Å². The summed E-state index contributed by atoms with van der Waals surface area (Å²) in [6.45, 7) is 9.86. The lowest BCUT2D eigenvalue weighted by atomic mass is 9.80. The third-order valence-corrected chi connectivity index (χ3v) is 6.64. The van der Waals surface area contributed by atoms with Crippen molar-refractivity contribution in [3.8, 4) is 5.75 Å². The molecule has 2 aromatic carbocycles. The van der Waals surface area contributed by atoms with Gasteiger partial charge in [0.25, 0.3) is 0 Å². The van der Waals surface area contributed by atoms with E-state index in [1.807, 2.05) is 13.0 Å². The van der Waals surface area contributed by atoms with Crippen LogP contribution in [0.2, 0.25) is 0 Å². The summed E-state index contributed by atoms with van der Waals surface area (Å²) in [5, 5.41) is 0. The van der Waals surface area contributed by atoms with Crippen LogP contribution in [0.5, 0.6) is 5.75 Å². The minimum atomic E-state index is -1.38. The van der Waals surface area contributed by atoms with Crippen molar-refractivity contribution in [3.05, 3.63) is 101 Å². The number of ketones is 2. The largest absolute Gasteiger partial charge is 0.462 e. The van der Waals surface area contributed by atoms with E-state index in [-0.39, 0.29) is 11.6 Å². The van der Waals surface area contributed by atoms with Gasteiger partial charge in [-0.05, 0) is 63.6 Å². The molecule has 2 aromatic rings. The Bertz CT molecular complexity index is 1300. The van der Waals surface area contributed by atoms with Crippen molar-refractivity contribution in [1.29, 1.82) is 0 Å². The Morgan fingerprint density at radius 1 is 0.882 bits per heavy atom. The third-order valence-electron chi connectivity index (χ3n) is 6.64. The zero-order valence-corrected chi connectivity index (χ0v) is 19.8. The van der Waals surface area contributed by atoms with Gasteiger partial charge in [-0.2, -0.15) is 0 Å². The number of carbonyl (C=O) groups is 2. The molecule has 2 aliphatic heterocycles. The number of hydrogen-bond donors (Lipinski definition) is 0. The second kappa shape index (κ2) is 8.17. The van der Waals surface area contributed by atoms with Crippen LogP contribution < -0.4 is 9.64 Å². The number of carbonyl (C=O) groups excluding carboxylic acids is 2. The Hall–Kier alpha value is -3.86. The zero-order valence-electron chi connectivity index (χ0n) is 19.8. The fourth-order valence-electron chi connectivity index (χ4n) is 4.96. The topological polar surface area (TPSA) is 55.8 Å². The molecule has 0 bridgehead atoms. The van der Waals surface area contributed by atoms with Crippen LogP contribution in [0.25, 0.3) is 5.57 Å². The van der Waals surface area contributed by atoms with Gasteiger partial charge in [0.15, 0.2) is 11.6 Å². The predicted octanol–water partition coefficient (Wildman–Crippen LogP) is 6.10. The summed E-state index contributed by atoms with van der Waals surface area (Å²) in [5.74, 6) is 1.83. The van der Waals surface area contributed by atoms with Crippen LogP contribution in [0.15, 0.2) is 84.0 Å². The van der Waals surface area contributed by atoms with Crippen LogP contribution in [0, 0.1) is 5.41 Å². The van der Waals surface area contributed by atoms with Crippen LogP contribution >= 0.6 is 0 Å². The Balaban J connectivity index is 1.52. The molecule has 0 amide bonds. The first-order valence-electron chi connectivity index (χ1n) is 11.6. The highest BCUT2D eigenvalue weighted by Gasteiger charge is 2.51. The van der Waals surface area contributed by atoms with Crippen LogP contribution in [0.4, 0.5) is 5.69 Å². The first-order chi connectivity index (χ1) is 16.4. The molecule has 172 valence electrons. The van der Waals surface area contributed by atoms with Gasteiger partial charge in [-0.15, -0.1) is 0 Å². The smallest absolute Gasteiger partial charge is 0.185 e. The predicted molar refractivity (Wildman–Crippen MR) is 133 cm³/mol. The minimum Gasteiger partial charge on any atom is -0.462 e. The number of allylic oxidation sites excluding steroid dienone is 6. The van der Waals surface area contributed by atoms with Gasteiger partial charge < -0.3 is 14.4 Å². The standard InChI is InChI=1S/C29H27NO4/c1-5-30(6-2)20-11-12-23-18(3)13-21(34-26(23)14-20)15-22-17-29(16-19(4)33-22)27(31)24-9-7-8-10-25(24)28(29)32/h7-17H,5-6H2,1-4H3. The lowest BCUT2D eigenvalue weighted by Crippen LogP contribution is -2.32. The SMILES string of the molecule is CCN(CC)c1ccc2c(c1)OC(=CC1=CC3(C=C(C)O1)C(=O)c1ccccc1C3=O)C=C2C. The van der Waals surface area contributed by atoms with E-state index in [1.54, 1.807) is 49.4 Å². The first-order valence-corrected chi connectivity index (χ1v) is 11.6. The third kappa shape index (κ3) is 3.39. The van der Waals surface area contributed by atoms with Gasteiger partial charge in [-0.25, -0.2) is 0 Å². The molecule has 3 aliphatic rings. The number of rotatable bonds is 4. The van der Waals surface area contributed by atoms with E-state index in [0.717, 1.165) is 35.7 Å². The molecule has 0 saturated heterocycles. The van der Waals surface area contributed by atoms with Gasteiger partial charge in [0.05, 0.1) is 5.76 Å². The Morgan fingerprint density at radius 2 is 1.56 bits per heavy atom. The van der Waals surface area contributed by atoms with Crippen molar-refractivity contribution in [2.45, 2.75) is 27.7 Å². The normalized spacial score (nSPS) is 19.1. The molecule has 0 aromatic heterocycles. The highest BCUT2D eigenvalue weighted by Crippen LogP contribution is 2.44. The zero-order chi connectivity index (χ0) is 24.0. The van der Waals surface area contributed by atoms with Gasteiger partial charge in [0.1, 0.15) is 22.7 Å². The minimum absolute atomic E-state index is 0.225. The van der Waals surface area contributed by atoms with Crippen molar-refractivity contribution >= 4 is 22.8 Å². The highest BCUT2D eigenvalue weighted by atomic mass is 16.5. The van der Waals surface area contributed by atoms with Gasteiger partial charge in [-0.3, -0.25) is 9.59 Å². The lowest BCUT2D eigenvalue weighted by Gasteiger charge is -2.26. The van der Waals surface area contributed by atoms with Crippen LogP contribution in [-0.4, -0.2) is 24.7 Å². The Kier molecular flexibility index (Phi) is 5.28. The van der Waals surface area contributed by atoms with Crippen molar-refractivity contribution in [2.75, 3.05) is 18.0 Å². The number of anilines is 1. The summed E-state index contributed by atoms with van der Waals surface area (Å²) >= 11 is 0. The second-order valence-electron chi connectivity index (χ2n) is 8.81. The molecule has 0 N–H and O–H groups in total. The molecule has 5 nitrogen and oxygen atoms in total. The molecule has 0 saturated carbocycles. The lowest BCUT2D eigenvalue weighted by molar-refractivity contribution is 0.0792. The van der Waals surface area contributed by atoms with Gasteiger partial charge in [0.2, 0.25) is 0 Å². The molecule has 5 rings (SSSR count). The van der Waals surface area contributed by atoms with Gasteiger partial charge in [-0.1, -0.05) is 24.3 Å². The van der Waals surface area contributed by atoms with Crippen LogP contribution in [-0.2, 0) is 4.74 Å². The monoisotopic (exact) mass is 453 g/mol. The number of hydrogen-bond acceptors (Lipinski definition) is 5. The summed E-state index contributed by atoms with van der Waals surface area (Å²) in [4.78, 5) is 28.9. The summed E-state index contributed by atoms with van der Waals surface area (Å²) in [7, 11) is 0. The average Bonchev–Trinajstić information content (AvgIpc) is 3.01. The molecule has 1 spiro atoms. The molecule has 1 aliphatic carbocycles. The van der Waals surface area contributed by atoms with E-state index in [4.69, 9.17) is 9.47 Å². The van der Waals surface area contributed by atoms with E-state index < -0.39 is 5.41 Å². The summed E-state index contributed by atoms with van der Waals surface area (Å²) < 4.78 is 12.1. The van der Waals surface area contributed by atoms with Crippen molar-refractivity contribution < 1.29 is 19.1 Å². The summed E-state index contributed by atoms with van der Waals surface area (Å²) in [5.41, 5.74) is 2.73. The quantitative estimate of drug-likeness (QED) is 0.524. The van der Waals surface area contributed by atoms with Crippen molar-refractivity contribution in [2.24, 2.45) is 5.41 Å². The van der Waals surface area contributed by atoms with E-state index in [2.05, 4.69) is 36.9 Å². The number of Topliss-reactive ketones (excluding diaryl/α,β-unsaturated/α-hetero) is 2. The Morgan fingerprint density at radius 3 is 2.21 bits per heavy atom. The molecule has 34 heavy (non-hydrogen) atoms. The van der Waals surface area contributed by atoms with Gasteiger partial charge >= 0.3 is 0 Å². The maximum atomic E-state index is 13.3. The summed E-state index contributed by atoms with van der Waals surface area (Å²) in [6.07, 6.45) is 6.93. The van der Waals surface area contributed by atoms with Crippen molar-refractivity contribution in [1.82, 2.24) is 0 Å². The van der Waals surface area contributed by atoms with E-state index in [9.17, 15) is 9.59 Å². The van der Waals surface area contributed by atoms with E-state index in [1.165, 1.54) is 0 Å². The average molecular weight is 454 g/mol.